The minimum absolute atomic E-state index is 0.176. The maximum Gasteiger partial charge on any atom is 0.257 e. The minimum Gasteiger partial charge on any atom is -0.377 e. The zero-order valence-electron chi connectivity index (χ0n) is 10.1. The third-order valence-electron chi connectivity index (χ3n) is 2.67. The van der Waals surface area contributed by atoms with E-state index in [0.29, 0.717) is 11.1 Å². The average Bonchev–Trinajstić information content (AvgIpc) is 3.09. The van der Waals surface area contributed by atoms with E-state index < -0.39 is 0 Å². The smallest absolute Gasteiger partial charge is 0.257 e. The first-order valence-corrected chi connectivity index (χ1v) is 6.91. The zero-order valence-corrected chi connectivity index (χ0v) is 11.0. The molecular formula is C10H13N7OS. The predicted molar refractivity (Wildman–Crippen MR) is 68.9 cm³/mol. The molecule has 0 aromatic carbocycles. The SMILES string of the molecule is Nc1nc(SCC2CCCO2)nc(-n2cncn2)n1. The van der Waals surface area contributed by atoms with E-state index in [9.17, 15) is 0 Å². The maximum absolute atomic E-state index is 5.68. The molecule has 9 heteroatoms. The van der Waals surface area contributed by atoms with Gasteiger partial charge in [-0.2, -0.15) is 24.7 Å². The quantitative estimate of drug-likeness (QED) is 0.797. The molecule has 1 aliphatic heterocycles. The number of ether oxygens (including phenoxy) is 1. The van der Waals surface area contributed by atoms with Gasteiger partial charge < -0.3 is 10.5 Å². The fourth-order valence-electron chi connectivity index (χ4n) is 1.78. The lowest BCUT2D eigenvalue weighted by atomic mass is 10.3. The molecule has 0 spiro atoms. The molecule has 100 valence electrons. The Morgan fingerprint density at radius 2 is 2.37 bits per heavy atom. The molecular weight excluding hydrogens is 266 g/mol. The molecule has 3 heterocycles. The number of aromatic nitrogens is 6. The summed E-state index contributed by atoms with van der Waals surface area (Å²) in [6, 6.07) is 0. The Balaban J connectivity index is 1.74. The molecule has 0 amide bonds. The monoisotopic (exact) mass is 279 g/mol. The second-order valence-electron chi connectivity index (χ2n) is 4.06. The first-order valence-electron chi connectivity index (χ1n) is 5.92. The van der Waals surface area contributed by atoms with E-state index in [4.69, 9.17) is 10.5 Å². The van der Waals surface area contributed by atoms with Crippen molar-refractivity contribution in [3.63, 3.8) is 0 Å². The lowest BCUT2D eigenvalue weighted by Gasteiger charge is -2.08. The number of hydrogen-bond donors (Lipinski definition) is 1. The Morgan fingerprint density at radius 3 is 3.11 bits per heavy atom. The van der Waals surface area contributed by atoms with Crippen molar-refractivity contribution in [2.24, 2.45) is 0 Å². The van der Waals surface area contributed by atoms with Gasteiger partial charge in [-0.3, -0.25) is 0 Å². The van der Waals surface area contributed by atoms with E-state index in [0.717, 1.165) is 25.2 Å². The second kappa shape index (κ2) is 5.49. The van der Waals surface area contributed by atoms with Crippen LogP contribution >= 0.6 is 11.8 Å². The number of anilines is 1. The van der Waals surface area contributed by atoms with Crippen LogP contribution in [0.1, 0.15) is 12.8 Å². The molecule has 1 unspecified atom stereocenters. The standard InChI is InChI=1S/C10H13N7OS/c11-8-14-9(17-6-12-5-13-17)16-10(15-8)19-4-7-2-1-3-18-7/h5-7H,1-4H2,(H2,11,14,15,16). The van der Waals surface area contributed by atoms with Gasteiger partial charge in [-0.1, -0.05) is 11.8 Å². The van der Waals surface area contributed by atoms with E-state index in [1.54, 1.807) is 0 Å². The average molecular weight is 279 g/mol. The number of hydrogen-bond acceptors (Lipinski definition) is 8. The number of nitrogens with two attached hydrogens (primary N) is 1. The van der Waals surface area contributed by atoms with Crippen LogP contribution in [0.4, 0.5) is 5.95 Å². The van der Waals surface area contributed by atoms with Gasteiger partial charge in [-0.05, 0) is 12.8 Å². The van der Waals surface area contributed by atoms with Crippen molar-refractivity contribution in [1.82, 2.24) is 29.7 Å². The summed E-state index contributed by atoms with van der Waals surface area (Å²) in [5.41, 5.74) is 5.68. The van der Waals surface area contributed by atoms with Crippen LogP contribution in [-0.2, 0) is 4.74 Å². The summed E-state index contributed by atoms with van der Waals surface area (Å²) in [7, 11) is 0. The fourth-order valence-corrected chi connectivity index (χ4v) is 2.68. The largest absolute Gasteiger partial charge is 0.377 e. The molecule has 1 fully saturated rings. The van der Waals surface area contributed by atoms with Gasteiger partial charge in [0.25, 0.3) is 5.95 Å². The summed E-state index contributed by atoms with van der Waals surface area (Å²) in [5.74, 6) is 1.37. The van der Waals surface area contributed by atoms with Gasteiger partial charge in [0.15, 0.2) is 5.16 Å². The number of nitrogen functional groups attached to an aromatic ring is 1. The van der Waals surface area contributed by atoms with Crippen LogP contribution in [0.2, 0.25) is 0 Å². The van der Waals surface area contributed by atoms with Crippen LogP contribution in [-0.4, -0.2) is 48.2 Å². The summed E-state index contributed by atoms with van der Waals surface area (Å²) >= 11 is 1.51. The molecule has 1 aliphatic rings. The molecule has 1 atom stereocenters. The van der Waals surface area contributed by atoms with Crippen molar-refractivity contribution in [2.45, 2.75) is 24.1 Å². The van der Waals surface area contributed by atoms with Gasteiger partial charge in [0.05, 0.1) is 6.10 Å². The Labute approximate surface area is 113 Å². The van der Waals surface area contributed by atoms with E-state index in [1.807, 2.05) is 0 Å². The molecule has 0 aliphatic carbocycles. The highest BCUT2D eigenvalue weighted by Crippen LogP contribution is 2.21. The van der Waals surface area contributed by atoms with Crippen LogP contribution in [0.3, 0.4) is 0 Å². The first-order chi connectivity index (χ1) is 9.31. The van der Waals surface area contributed by atoms with E-state index in [2.05, 4.69) is 25.0 Å². The van der Waals surface area contributed by atoms with Crippen molar-refractivity contribution in [3.05, 3.63) is 12.7 Å². The predicted octanol–water partition coefficient (Wildman–Crippen LogP) is 0.306. The van der Waals surface area contributed by atoms with Crippen molar-refractivity contribution in [3.8, 4) is 5.95 Å². The highest BCUT2D eigenvalue weighted by molar-refractivity contribution is 7.99. The van der Waals surface area contributed by atoms with Crippen LogP contribution in [0, 0.1) is 0 Å². The second-order valence-corrected chi connectivity index (χ2v) is 5.05. The number of rotatable bonds is 4. The summed E-state index contributed by atoms with van der Waals surface area (Å²) in [6.07, 6.45) is 5.42. The first kappa shape index (κ1) is 12.3. The molecule has 0 bridgehead atoms. The van der Waals surface area contributed by atoms with Crippen molar-refractivity contribution in [2.75, 3.05) is 18.1 Å². The molecule has 2 N–H and O–H groups in total. The molecule has 0 radical (unpaired) electrons. The van der Waals surface area contributed by atoms with Gasteiger partial charge in [-0.25, -0.2) is 4.98 Å². The fraction of sp³-hybridized carbons (Fsp3) is 0.500. The van der Waals surface area contributed by atoms with Crippen LogP contribution in [0.5, 0.6) is 0 Å². The van der Waals surface area contributed by atoms with Gasteiger partial charge in [0.1, 0.15) is 12.7 Å². The van der Waals surface area contributed by atoms with Gasteiger partial charge in [-0.15, -0.1) is 0 Å². The Kier molecular flexibility index (Phi) is 3.56. The maximum atomic E-state index is 5.68. The lowest BCUT2D eigenvalue weighted by molar-refractivity contribution is 0.129. The molecule has 19 heavy (non-hydrogen) atoms. The van der Waals surface area contributed by atoms with Crippen molar-refractivity contribution in [1.29, 1.82) is 0 Å². The Morgan fingerprint density at radius 1 is 1.42 bits per heavy atom. The van der Waals surface area contributed by atoms with Crippen LogP contribution < -0.4 is 5.73 Å². The Bertz CT molecular complexity index is 541. The third kappa shape index (κ3) is 2.99. The normalized spacial score (nSPS) is 18.8. The third-order valence-corrected chi connectivity index (χ3v) is 3.65. The lowest BCUT2D eigenvalue weighted by Crippen LogP contribution is -2.11. The summed E-state index contributed by atoms with van der Waals surface area (Å²) in [4.78, 5) is 16.3. The van der Waals surface area contributed by atoms with E-state index in [1.165, 1.54) is 29.1 Å². The summed E-state index contributed by atoms with van der Waals surface area (Å²) in [6.45, 7) is 0.842. The highest BCUT2D eigenvalue weighted by atomic mass is 32.2. The molecule has 2 aromatic heterocycles. The topological polar surface area (TPSA) is 105 Å². The van der Waals surface area contributed by atoms with Crippen LogP contribution in [0.25, 0.3) is 5.95 Å². The summed E-state index contributed by atoms with van der Waals surface area (Å²) in [5, 5.41) is 4.55. The highest BCUT2D eigenvalue weighted by Gasteiger charge is 2.17. The van der Waals surface area contributed by atoms with E-state index >= 15 is 0 Å². The zero-order chi connectivity index (χ0) is 13.1. The van der Waals surface area contributed by atoms with Crippen LogP contribution in [0.15, 0.2) is 17.8 Å². The summed E-state index contributed by atoms with van der Waals surface area (Å²) < 4.78 is 7.01. The Hall–Kier alpha value is -1.74. The molecule has 8 nitrogen and oxygen atoms in total. The van der Waals surface area contributed by atoms with E-state index in [-0.39, 0.29) is 12.1 Å². The van der Waals surface area contributed by atoms with Gasteiger partial charge in [0, 0.05) is 12.4 Å². The van der Waals surface area contributed by atoms with Gasteiger partial charge >= 0.3 is 0 Å². The number of nitrogens with zero attached hydrogens (tertiary/aromatic N) is 6. The molecule has 3 rings (SSSR count). The van der Waals surface area contributed by atoms with Crippen molar-refractivity contribution >= 4 is 17.7 Å². The van der Waals surface area contributed by atoms with Crippen molar-refractivity contribution < 1.29 is 4.74 Å². The van der Waals surface area contributed by atoms with Gasteiger partial charge in [0.2, 0.25) is 5.95 Å². The number of thioether (sulfide) groups is 1. The molecule has 0 saturated carbocycles. The molecule has 2 aromatic rings. The minimum atomic E-state index is 0.176. The molecule has 1 saturated heterocycles.